The molecule has 184 valence electrons. The molecule has 1 fully saturated rings. The number of methoxy groups -OCH3 is 1. The van der Waals surface area contributed by atoms with E-state index in [9.17, 15) is 4.79 Å². The van der Waals surface area contributed by atoms with E-state index in [0.29, 0.717) is 24.7 Å². The number of nitrogens with one attached hydrogen (secondary N) is 1. The predicted octanol–water partition coefficient (Wildman–Crippen LogP) is 5.76. The lowest BCUT2D eigenvalue weighted by molar-refractivity contribution is 0.00584. The van der Waals surface area contributed by atoms with Crippen LogP contribution in [0.3, 0.4) is 0 Å². The van der Waals surface area contributed by atoms with Crippen LogP contribution in [-0.4, -0.2) is 55.7 Å². The Morgan fingerprint density at radius 2 is 1.74 bits per heavy atom. The zero-order chi connectivity index (χ0) is 24.6. The normalized spacial score (nSPS) is 15.0. The molecular weight excluding hydrogens is 462 g/mol. The van der Waals surface area contributed by atoms with Crippen molar-refractivity contribution in [1.29, 1.82) is 0 Å². The third-order valence-electron chi connectivity index (χ3n) is 6.19. The summed E-state index contributed by atoms with van der Waals surface area (Å²) < 4.78 is 11.8. The second kappa shape index (κ2) is 12.1. The van der Waals surface area contributed by atoms with Crippen LogP contribution in [0.2, 0.25) is 5.02 Å². The molecule has 35 heavy (non-hydrogen) atoms. The van der Waals surface area contributed by atoms with Gasteiger partial charge in [0.25, 0.3) is 0 Å². The Balaban J connectivity index is 1.36. The molecule has 0 aliphatic carbocycles. The number of benzene rings is 3. The maximum absolute atomic E-state index is 12.7. The number of nitrogens with zero attached hydrogens (tertiary/aromatic N) is 2. The Morgan fingerprint density at radius 1 is 1.00 bits per heavy atom. The highest BCUT2D eigenvalue weighted by Gasteiger charge is 2.24. The van der Waals surface area contributed by atoms with Gasteiger partial charge in [-0.25, -0.2) is 4.79 Å². The van der Waals surface area contributed by atoms with E-state index in [1.807, 2.05) is 78.6 Å². The quantitative estimate of drug-likeness (QED) is 0.433. The fourth-order valence-corrected chi connectivity index (χ4v) is 4.34. The highest BCUT2D eigenvalue weighted by Crippen LogP contribution is 2.25. The number of anilines is 1. The average molecular weight is 494 g/mol. The summed E-state index contributed by atoms with van der Waals surface area (Å²) >= 11 is 6.15. The van der Waals surface area contributed by atoms with Gasteiger partial charge in [0.15, 0.2) is 0 Å². The van der Waals surface area contributed by atoms with Crippen LogP contribution in [-0.2, 0) is 11.3 Å². The first kappa shape index (κ1) is 25.0. The predicted molar refractivity (Wildman–Crippen MR) is 140 cm³/mol. The Kier molecular flexibility index (Phi) is 8.64. The number of carbonyl (C=O) groups excluding carboxylic acids is 1. The maximum Gasteiger partial charge on any atom is 0.321 e. The molecular formula is C28H32ClN3O3. The van der Waals surface area contributed by atoms with Crippen LogP contribution in [0.1, 0.15) is 22.8 Å². The minimum absolute atomic E-state index is 0.0601. The van der Waals surface area contributed by atoms with E-state index in [1.165, 1.54) is 5.56 Å². The summed E-state index contributed by atoms with van der Waals surface area (Å²) in [5.74, 6) is 0.802. The number of carbonyl (C=O) groups is 1. The number of hydrogen-bond acceptors (Lipinski definition) is 4. The molecule has 1 heterocycles. The Morgan fingerprint density at radius 3 is 2.46 bits per heavy atom. The number of urea groups is 1. The van der Waals surface area contributed by atoms with E-state index in [0.717, 1.165) is 42.2 Å². The fraction of sp³-hybridized carbons (Fsp3) is 0.321. The SMILES string of the molecule is COc1cccc([C@@H](CN2CCN(C(=O)Nc3ccc(C)cc3)CC2)OCc2cccc(Cl)c2)c1. The minimum Gasteiger partial charge on any atom is -0.497 e. The van der Waals surface area contributed by atoms with Gasteiger partial charge >= 0.3 is 6.03 Å². The summed E-state index contributed by atoms with van der Waals surface area (Å²) in [5, 5.41) is 3.69. The second-order valence-corrected chi connectivity index (χ2v) is 9.23. The summed E-state index contributed by atoms with van der Waals surface area (Å²) in [6, 6.07) is 23.5. The summed E-state index contributed by atoms with van der Waals surface area (Å²) in [6.07, 6.45) is -0.142. The molecule has 6 nitrogen and oxygen atoms in total. The van der Waals surface area contributed by atoms with Crippen molar-refractivity contribution in [3.05, 3.63) is 94.5 Å². The van der Waals surface area contributed by atoms with Crippen molar-refractivity contribution in [3.8, 4) is 5.75 Å². The summed E-state index contributed by atoms with van der Waals surface area (Å²) in [4.78, 5) is 16.9. The molecule has 0 bridgehead atoms. The molecule has 1 N–H and O–H groups in total. The Hall–Kier alpha value is -3.06. The lowest BCUT2D eigenvalue weighted by atomic mass is 10.1. The summed E-state index contributed by atoms with van der Waals surface area (Å²) in [6.45, 7) is 6.10. The van der Waals surface area contributed by atoms with Crippen LogP contribution in [0.5, 0.6) is 5.75 Å². The molecule has 3 aromatic rings. The van der Waals surface area contributed by atoms with Crippen LogP contribution >= 0.6 is 11.6 Å². The van der Waals surface area contributed by atoms with Crippen LogP contribution < -0.4 is 10.1 Å². The number of ether oxygens (including phenoxy) is 2. The van der Waals surface area contributed by atoms with Gasteiger partial charge in [0.05, 0.1) is 19.8 Å². The van der Waals surface area contributed by atoms with Gasteiger partial charge in [-0.15, -0.1) is 0 Å². The highest BCUT2D eigenvalue weighted by molar-refractivity contribution is 6.30. The monoisotopic (exact) mass is 493 g/mol. The van der Waals surface area contributed by atoms with Gasteiger partial charge in [-0.1, -0.05) is 53.6 Å². The van der Waals surface area contributed by atoms with Crippen molar-refractivity contribution in [2.45, 2.75) is 19.6 Å². The van der Waals surface area contributed by atoms with E-state index in [4.69, 9.17) is 21.1 Å². The van der Waals surface area contributed by atoms with Gasteiger partial charge in [0, 0.05) is 43.4 Å². The number of amides is 2. The van der Waals surface area contributed by atoms with E-state index >= 15 is 0 Å². The topological polar surface area (TPSA) is 54.0 Å². The third-order valence-corrected chi connectivity index (χ3v) is 6.43. The zero-order valence-corrected chi connectivity index (χ0v) is 21.0. The fourth-order valence-electron chi connectivity index (χ4n) is 4.13. The first-order chi connectivity index (χ1) is 17.0. The van der Waals surface area contributed by atoms with Crippen molar-refractivity contribution < 1.29 is 14.3 Å². The molecule has 0 unspecified atom stereocenters. The largest absolute Gasteiger partial charge is 0.497 e. The lowest BCUT2D eigenvalue weighted by Crippen LogP contribution is -2.50. The Labute approximate surface area is 212 Å². The third kappa shape index (κ3) is 7.21. The van der Waals surface area contributed by atoms with E-state index in [2.05, 4.69) is 16.3 Å². The van der Waals surface area contributed by atoms with Crippen molar-refractivity contribution in [3.63, 3.8) is 0 Å². The van der Waals surface area contributed by atoms with Crippen LogP contribution in [0, 0.1) is 6.92 Å². The number of aryl methyl sites for hydroxylation is 1. The van der Waals surface area contributed by atoms with Crippen LogP contribution in [0.4, 0.5) is 10.5 Å². The molecule has 4 rings (SSSR count). The molecule has 2 amide bonds. The van der Waals surface area contributed by atoms with Gasteiger partial charge in [-0.3, -0.25) is 4.90 Å². The molecule has 1 aliphatic rings. The smallest absolute Gasteiger partial charge is 0.321 e. The van der Waals surface area contributed by atoms with Gasteiger partial charge < -0.3 is 19.7 Å². The molecule has 3 aromatic carbocycles. The number of piperazine rings is 1. The minimum atomic E-state index is -0.142. The van der Waals surface area contributed by atoms with Crippen molar-refractivity contribution in [2.24, 2.45) is 0 Å². The average Bonchev–Trinajstić information content (AvgIpc) is 2.88. The summed E-state index contributed by atoms with van der Waals surface area (Å²) in [7, 11) is 1.67. The summed E-state index contributed by atoms with van der Waals surface area (Å²) in [5.41, 5.74) is 4.07. The van der Waals surface area contributed by atoms with Gasteiger partial charge in [0.1, 0.15) is 5.75 Å². The van der Waals surface area contributed by atoms with Crippen molar-refractivity contribution in [2.75, 3.05) is 45.2 Å². The zero-order valence-electron chi connectivity index (χ0n) is 20.2. The molecule has 7 heteroatoms. The molecule has 1 atom stereocenters. The molecule has 1 aliphatic heterocycles. The van der Waals surface area contributed by atoms with Gasteiger partial charge in [-0.2, -0.15) is 0 Å². The van der Waals surface area contributed by atoms with Crippen molar-refractivity contribution in [1.82, 2.24) is 9.80 Å². The standard InChI is InChI=1S/C28H32ClN3O3/c1-21-9-11-25(12-10-21)30-28(33)32-15-13-31(14-16-32)19-27(23-6-4-8-26(18-23)34-2)35-20-22-5-3-7-24(29)17-22/h3-12,17-18,27H,13-16,19-20H2,1-2H3,(H,30,33)/t27-/m1/s1. The van der Waals surface area contributed by atoms with Gasteiger partial charge in [0.2, 0.25) is 0 Å². The maximum atomic E-state index is 12.7. The van der Waals surface area contributed by atoms with E-state index in [-0.39, 0.29) is 12.1 Å². The van der Waals surface area contributed by atoms with E-state index < -0.39 is 0 Å². The number of halogens is 1. The first-order valence-corrected chi connectivity index (χ1v) is 12.2. The number of hydrogen-bond donors (Lipinski definition) is 1. The number of rotatable bonds is 8. The Bertz CT molecular complexity index is 1110. The van der Waals surface area contributed by atoms with E-state index in [1.54, 1.807) is 7.11 Å². The molecule has 0 radical (unpaired) electrons. The first-order valence-electron chi connectivity index (χ1n) is 11.8. The highest BCUT2D eigenvalue weighted by atomic mass is 35.5. The molecule has 0 spiro atoms. The van der Waals surface area contributed by atoms with Crippen LogP contribution in [0.25, 0.3) is 0 Å². The molecule has 0 saturated carbocycles. The molecule has 1 saturated heterocycles. The molecule has 0 aromatic heterocycles. The second-order valence-electron chi connectivity index (χ2n) is 8.79. The lowest BCUT2D eigenvalue weighted by Gasteiger charge is -2.36. The van der Waals surface area contributed by atoms with Crippen molar-refractivity contribution >= 4 is 23.3 Å². The van der Waals surface area contributed by atoms with Crippen LogP contribution in [0.15, 0.2) is 72.8 Å². The van der Waals surface area contributed by atoms with Gasteiger partial charge in [-0.05, 0) is 54.4 Å².